The summed E-state index contributed by atoms with van der Waals surface area (Å²) in [6, 6.07) is 2.79. The van der Waals surface area contributed by atoms with E-state index in [9.17, 15) is 8.78 Å². The number of halogens is 2. The quantitative estimate of drug-likeness (QED) is 0.804. The summed E-state index contributed by atoms with van der Waals surface area (Å²) >= 11 is 0. The lowest BCUT2D eigenvalue weighted by molar-refractivity contribution is 0.0128. The Labute approximate surface area is 92.7 Å². The molecule has 0 aliphatic heterocycles. The molecule has 0 radical (unpaired) electrons. The third-order valence-electron chi connectivity index (χ3n) is 1.75. The minimum Gasteiger partial charge on any atom is -0.402 e. The number of aliphatic imine (C=N–C) groups is 1. The van der Waals surface area contributed by atoms with Crippen molar-refractivity contribution in [1.29, 1.82) is 0 Å². The number of alkyl halides is 2. The Bertz CT molecular complexity index is 415. The van der Waals surface area contributed by atoms with Crippen LogP contribution in [0.15, 0.2) is 35.1 Å². The van der Waals surface area contributed by atoms with Gasteiger partial charge in [0, 0.05) is 25.0 Å². The van der Waals surface area contributed by atoms with Crippen LogP contribution in [0.2, 0.25) is 0 Å². The van der Waals surface area contributed by atoms with E-state index < -0.39 is 5.92 Å². The van der Waals surface area contributed by atoms with Crippen LogP contribution in [-0.2, 0) is 5.92 Å². The summed E-state index contributed by atoms with van der Waals surface area (Å²) in [5.41, 5.74) is 6.11. The molecule has 86 valence electrons. The van der Waals surface area contributed by atoms with Crippen LogP contribution < -0.4 is 5.73 Å². The van der Waals surface area contributed by atoms with E-state index in [-0.39, 0.29) is 5.69 Å². The summed E-state index contributed by atoms with van der Waals surface area (Å²) in [7, 11) is 0. The molecule has 2 N–H and O–H groups in total. The molecule has 0 spiro atoms. The van der Waals surface area contributed by atoms with Gasteiger partial charge in [-0.2, -0.15) is 8.78 Å². The fourth-order valence-electron chi connectivity index (χ4n) is 0.981. The van der Waals surface area contributed by atoms with Crippen molar-refractivity contribution in [3.05, 3.63) is 35.8 Å². The van der Waals surface area contributed by atoms with Gasteiger partial charge < -0.3 is 5.73 Å². The Balaban J connectivity index is 2.92. The lowest BCUT2D eigenvalue weighted by atomic mass is 10.2. The highest BCUT2D eigenvalue weighted by Crippen LogP contribution is 2.27. The van der Waals surface area contributed by atoms with Gasteiger partial charge in [0.1, 0.15) is 5.69 Å². The highest BCUT2D eigenvalue weighted by Gasteiger charge is 2.25. The Hall–Kier alpha value is -1.78. The number of aromatic nitrogens is 1. The minimum atomic E-state index is -2.95. The van der Waals surface area contributed by atoms with Crippen molar-refractivity contribution in [2.75, 3.05) is 0 Å². The van der Waals surface area contributed by atoms with Crippen molar-refractivity contribution in [1.82, 2.24) is 4.98 Å². The average Bonchev–Trinajstić information content (AvgIpc) is 2.16. The van der Waals surface area contributed by atoms with Crippen molar-refractivity contribution >= 4 is 11.9 Å². The molecule has 0 unspecified atom stereocenters. The van der Waals surface area contributed by atoms with Crippen LogP contribution in [-0.4, -0.2) is 11.2 Å². The zero-order chi connectivity index (χ0) is 12.2. The molecule has 16 heavy (non-hydrogen) atoms. The van der Waals surface area contributed by atoms with Gasteiger partial charge in [-0.05, 0) is 25.1 Å². The van der Waals surface area contributed by atoms with Gasteiger partial charge in [0.15, 0.2) is 0 Å². The van der Waals surface area contributed by atoms with Crippen LogP contribution in [0.3, 0.4) is 0 Å². The van der Waals surface area contributed by atoms with Gasteiger partial charge >= 0.3 is 0 Å². The first-order valence-electron chi connectivity index (χ1n) is 4.70. The van der Waals surface area contributed by atoms with Gasteiger partial charge in [-0.25, -0.2) is 0 Å². The number of nitrogens with two attached hydrogens (primary N) is 1. The zero-order valence-corrected chi connectivity index (χ0v) is 9.11. The Morgan fingerprint density at radius 1 is 1.56 bits per heavy atom. The molecule has 1 aromatic heterocycles. The average molecular weight is 225 g/mol. The van der Waals surface area contributed by atoms with Gasteiger partial charge in [-0.1, -0.05) is 0 Å². The number of hydrogen-bond acceptors (Lipinski definition) is 3. The summed E-state index contributed by atoms with van der Waals surface area (Å²) < 4.78 is 25.9. The molecule has 1 rings (SSSR count). The van der Waals surface area contributed by atoms with Gasteiger partial charge in [-0.3, -0.25) is 9.98 Å². The minimum absolute atomic E-state index is 0.296. The summed E-state index contributed by atoms with van der Waals surface area (Å²) in [6.07, 6.45) is 4.35. The van der Waals surface area contributed by atoms with Crippen molar-refractivity contribution in [3.8, 4) is 0 Å². The van der Waals surface area contributed by atoms with Crippen LogP contribution in [0, 0.1) is 0 Å². The van der Waals surface area contributed by atoms with Crippen molar-refractivity contribution in [2.24, 2.45) is 10.7 Å². The molecule has 5 heteroatoms. The lowest BCUT2D eigenvalue weighted by Gasteiger charge is -2.08. The third kappa shape index (κ3) is 3.76. The first-order valence-corrected chi connectivity index (χ1v) is 4.70. The SMILES string of the molecule is CC(N)=CC=Nc1ccnc(C(C)(F)F)c1. The molecule has 0 saturated carbocycles. The number of hydrogen-bond donors (Lipinski definition) is 1. The van der Waals surface area contributed by atoms with Crippen LogP contribution in [0.25, 0.3) is 0 Å². The molecule has 0 fully saturated rings. The van der Waals surface area contributed by atoms with Gasteiger partial charge in [-0.15, -0.1) is 0 Å². The molecule has 0 aliphatic carbocycles. The summed E-state index contributed by atoms with van der Waals surface area (Å²) in [4.78, 5) is 7.56. The number of allylic oxidation sites excluding steroid dienone is 2. The molecule has 3 nitrogen and oxygen atoms in total. The standard InChI is InChI=1S/C11H13F2N3/c1-8(14)3-5-15-9-4-6-16-10(7-9)11(2,12)13/h3-7H,14H2,1-2H3. The van der Waals surface area contributed by atoms with Crippen LogP contribution >= 0.6 is 0 Å². The first-order chi connectivity index (χ1) is 7.39. The second kappa shape index (κ2) is 4.83. The molecule has 0 amide bonds. The summed E-state index contributed by atoms with van der Waals surface area (Å²) in [6.45, 7) is 2.51. The molecule has 0 atom stereocenters. The smallest absolute Gasteiger partial charge is 0.287 e. The lowest BCUT2D eigenvalue weighted by Crippen LogP contribution is -2.08. The maximum Gasteiger partial charge on any atom is 0.287 e. The number of rotatable bonds is 3. The summed E-state index contributed by atoms with van der Waals surface area (Å²) in [5.74, 6) is -2.95. The molecule has 0 aliphatic rings. The van der Waals surface area contributed by atoms with Gasteiger partial charge in [0.2, 0.25) is 0 Å². The topological polar surface area (TPSA) is 51.3 Å². The molecular weight excluding hydrogens is 212 g/mol. The predicted molar refractivity (Wildman–Crippen MR) is 59.9 cm³/mol. The molecular formula is C11H13F2N3. The predicted octanol–water partition coefficient (Wildman–Crippen LogP) is 2.76. The Kier molecular flexibility index (Phi) is 3.71. The second-order valence-electron chi connectivity index (χ2n) is 3.48. The third-order valence-corrected chi connectivity index (χ3v) is 1.75. The fraction of sp³-hybridized carbons (Fsp3) is 0.273. The van der Waals surface area contributed by atoms with E-state index in [4.69, 9.17) is 5.73 Å². The molecule has 0 saturated heterocycles. The molecule has 1 aromatic rings. The van der Waals surface area contributed by atoms with Gasteiger partial charge in [0.25, 0.3) is 5.92 Å². The normalized spacial score (nSPS) is 13.4. The van der Waals surface area contributed by atoms with E-state index in [2.05, 4.69) is 9.98 Å². The van der Waals surface area contributed by atoms with E-state index in [0.29, 0.717) is 11.4 Å². The highest BCUT2D eigenvalue weighted by molar-refractivity contribution is 5.75. The Morgan fingerprint density at radius 2 is 2.25 bits per heavy atom. The number of pyridine rings is 1. The van der Waals surface area contributed by atoms with Crippen LogP contribution in [0.5, 0.6) is 0 Å². The van der Waals surface area contributed by atoms with Gasteiger partial charge in [0.05, 0.1) is 5.69 Å². The largest absolute Gasteiger partial charge is 0.402 e. The molecule has 0 aromatic carbocycles. The van der Waals surface area contributed by atoms with Crippen molar-refractivity contribution in [3.63, 3.8) is 0 Å². The highest BCUT2D eigenvalue weighted by atomic mass is 19.3. The Morgan fingerprint density at radius 3 is 2.81 bits per heavy atom. The van der Waals surface area contributed by atoms with E-state index in [0.717, 1.165) is 6.92 Å². The van der Waals surface area contributed by atoms with Crippen molar-refractivity contribution in [2.45, 2.75) is 19.8 Å². The van der Waals surface area contributed by atoms with Crippen LogP contribution in [0.4, 0.5) is 14.5 Å². The first kappa shape index (κ1) is 12.3. The van der Waals surface area contributed by atoms with Crippen molar-refractivity contribution < 1.29 is 8.78 Å². The fourth-order valence-corrected chi connectivity index (χ4v) is 0.981. The molecule has 1 heterocycles. The number of nitrogens with zero attached hydrogens (tertiary/aromatic N) is 2. The van der Waals surface area contributed by atoms with E-state index in [1.807, 2.05) is 0 Å². The maximum absolute atomic E-state index is 12.9. The maximum atomic E-state index is 12.9. The second-order valence-corrected chi connectivity index (χ2v) is 3.48. The van der Waals surface area contributed by atoms with E-state index in [1.54, 1.807) is 19.1 Å². The monoisotopic (exact) mass is 225 g/mol. The summed E-state index contributed by atoms with van der Waals surface area (Å²) in [5, 5.41) is 0. The van der Waals surface area contributed by atoms with Crippen LogP contribution in [0.1, 0.15) is 19.5 Å². The zero-order valence-electron chi connectivity index (χ0n) is 9.11. The molecule has 0 bridgehead atoms. The van der Waals surface area contributed by atoms with E-state index >= 15 is 0 Å². The van der Waals surface area contributed by atoms with E-state index in [1.165, 1.54) is 18.5 Å².